The Morgan fingerprint density at radius 2 is 2.17 bits per heavy atom. The molecule has 0 atom stereocenters. The number of pyridine rings is 1. The third kappa shape index (κ3) is 3.24. The zero-order valence-electron chi connectivity index (χ0n) is 9.92. The van der Waals surface area contributed by atoms with Crippen molar-refractivity contribution in [1.82, 2.24) is 15.2 Å². The topological polar surface area (TPSA) is 67.9 Å². The van der Waals surface area contributed by atoms with Crippen LogP contribution >= 0.6 is 34.7 Å². The van der Waals surface area contributed by atoms with Crippen molar-refractivity contribution in [2.75, 3.05) is 24.7 Å². The van der Waals surface area contributed by atoms with Gasteiger partial charge in [0, 0.05) is 19.8 Å². The van der Waals surface area contributed by atoms with Gasteiger partial charge in [0.15, 0.2) is 4.34 Å². The van der Waals surface area contributed by atoms with Gasteiger partial charge in [0.1, 0.15) is 5.82 Å². The monoisotopic (exact) mass is 301 g/mol. The maximum Gasteiger partial charge on any atom is 0.208 e. The number of aromatic nitrogens is 3. The Balaban J connectivity index is 2.04. The van der Waals surface area contributed by atoms with Crippen molar-refractivity contribution >= 4 is 45.6 Å². The molecule has 0 aliphatic heterocycles. The lowest BCUT2D eigenvalue weighted by Crippen LogP contribution is -2.07. The zero-order chi connectivity index (χ0) is 13.1. The molecular weight excluding hydrogens is 290 g/mol. The quantitative estimate of drug-likeness (QED) is 0.875. The Bertz CT molecular complexity index is 543. The number of hydrogen-bond acceptors (Lipinski definition) is 7. The number of halogens is 1. The van der Waals surface area contributed by atoms with Gasteiger partial charge in [-0.2, -0.15) is 0 Å². The van der Waals surface area contributed by atoms with Gasteiger partial charge >= 0.3 is 0 Å². The molecule has 0 aliphatic carbocycles. The third-order valence-electron chi connectivity index (χ3n) is 2.05. The summed E-state index contributed by atoms with van der Waals surface area (Å²) in [5, 5.41) is 9.65. The van der Waals surface area contributed by atoms with E-state index in [-0.39, 0.29) is 0 Å². The summed E-state index contributed by atoms with van der Waals surface area (Å²) in [7, 11) is 3.87. The average molecular weight is 302 g/mol. The van der Waals surface area contributed by atoms with E-state index < -0.39 is 0 Å². The first-order valence-corrected chi connectivity index (χ1v) is 7.29. The van der Waals surface area contributed by atoms with Gasteiger partial charge in [-0.15, -0.1) is 10.2 Å². The van der Waals surface area contributed by atoms with E-state index in [0.29, 0.717) is 16.6 Å². The van der Waals surface area contributed by atoms with Gasteiger partial charge in [0.2, 0.25) is 5.13 Å². The van der Waals surface area contributed by atoms with Crippen LogP contribution in [0, 0.1) is 0 Å². The van der Waals surface area contributed by atoms with Gasteiger partial charge in [0.25, 0.3) is 0 Å². The van der Waals surface area contributed by atoms with Crippen LogP contribution in [-0.2, 0) is 5.75 Å². The molecule has 0 spiro atoms. The highest BCUT2D eigenvalue weighted by atomic mass is 35.5. The van der Waals surface area contributed by atoms with E-state index in [9.17, 15) is 0 Å². The van der Waals surface area contributed by atoms with Crippen LogP contribution in [0.1, 0.15) is 5.69 Å². The first-order chi connectivity index (χ1) is 8.56. The molecule has 2 aromatic heterocycles. The first kappa shape index (κ1) is 13.4. The minimum absolute atomic E-state index is 0.473. The number of anilines is 2. The molecule has 0 bridgehead atoms. The van der Waals surface area contributed by atoms with Crippen molar-refractivity contribution in [3.8, 4) is 0 Å². The van der Waals surface area contributed by atoms with E-state index in [2.05, 4.69) is 15.2 Å². The highest BCUT2D eigenvalue weighted by Crippen LogP contribution is 2.30. The summed E-state index contributed by atoms with van der Waals surface area (Å²) in [5.74, 6) is 1.10. The summed E-state index contributed by atoms with van der Waals surface area (Å²) in [6, 6.07) is 3.44. The van der Waals surface area contributed by atoms with E-state index in [1.165, 1.54) is 11.3 Å². The second-order valence-electron chi connectivity index (χ2n) is 3.70. The second-order valence-corrected chi connectivity index (χ2v) is 6.28. The lowest BCUT2D eigenvalue weighted by Gasteiger charge is -2.04. The van der Waals surface area contributed by atoms with Crippen LogP contribution in [0.15, 0.2) is 16.5 Å². The van der Waals surface area contributed by atoms with Crippen LogP contribution in [0.25, 0.3) is 0 Å². The van der Waals surface area contributed by atoms with E-state index in [1.807, 2.05) is 19.0 Å². The fourth-order valence-corrected chi connectivity index (χ4v) is 3.14. The molecule has 0 aliphatic rings. The smallest absolute Gasteiger partial charge is 0.208 e. The highest BCUT2D eigenvalue weighted by Gasteiger charge is 2.09. The predicted octanol–water partition coefficient (Wildman–Crippen LogP) is 2.53. The van der Waals surface area contributed by atoms with Gasteiger partial charge in [0.05, 0.1) is 10.7 Å². The Kier molecular flexibility index (Phi) is 4.26. The molecule has 0 saturated heterocycles. The molecule has 0 amide bonds. The third-order valence-corrected chi connectivity index (χ3v) is 4.63. The number of nitrogens with zero attached hydrogens (tertiary/aromatic N) is 4. The molecule has 0 radical (unpaired) electrons. The van der Waals surface area contributed by atoms with Crippen molar-refractivity contribution in [3.05, 3.63) is 22.8 Å². The normalized spacial score (nSPS) is 10.6. The fraction of sp³-hybridized carbons (Fsp3) is 0.300. The molecule has 0 aromatic carbocycles. The van der Waals surface area contributed by atoms with Crippen molar-refractivity contribution in [2.45, 2.75) is 10.1 Å². The maximum atomic E-state index is 6.05. The largest absolute Gasteiger partial charge is 0.384 e. The molecule has 0 unspecified atom stereocenters. The van der Waals surface area contributed by atoms with Crippen LogP contribution < -0.4 is 10.6 Å². The second kappa shape index (κ2) is 5.73. The van der Waals surface area contributed by atoms with Gasteiger partial charge in [-0.1, -0.05) is 34.7 Å². The summed E-state index contributed by atoms with van der Waals surface area (Å²) >= 11 is 9.13. The van der Waals surface area contributed by atoms with Crippen molar-refractivity contribution in [3.63, 3.8) is 0 Å². The van der Waals surface area contributed by atoms with Crippen LogP contribution in [0.4, 0.5) is 10.9 Å². The fourth-order valence-electron chi connectivity index (χ4n) is 1.17. The summed E-state index contributed by atoms with van der Waals surface area (Å²) in [4.78, 5) is 6.12. The van der Waals surface area contributed by atoms with E-state index >= 15 is 0 Å². The molecule has 5 nitrogen and oxygen atoms in total. The Morgan fingerprint density at radius 3 is 2.83 bits per heavy atom. The molecule has 2 N–H and O–H groups in total. The van der Waals surface area contributed by atoms with Crippen LogP contribution in [-0.4, -0.2) is 29.3 Å². The molecule has 96 valence electrons. The maximum absolute atomic E-state index is 6.05. The van der Waals surface area contributed by atoms with E-state index in [0.717, 1.165) is 15.2 Å². The van der Waals surface area contributed by atoms with Crippen LogP contribution in [0.5, 0.6) is 0 Å². The molecule has 0 fully saturated rings. The van der Waals surface area contributed by atoms with Gasteiger partial charge in [-0.05, 0) is 12.1 Å². The Morgan fingerprint density at radius 1 is 1.39 bits per heavy atom. The van der Waals surface area contributed by atoms with E-state index in [1.54, 1.807) is 23.9 Å². The lowest BCUT2D eigenvalue weighted by molar-refractivity contribution is 0.972. The average Bonchev–Trinajstić information content (AvgIpc) is 2.79. The molecule has 8 heteroatoms. The molecule has 18 heavy (non-hydrogen) atoms. The number of hydrogen-bond donors (Lipinski definition) is 1. The van der Waals surface area contributed by atoms with Crippen molar-refractivity contribution < 1.29 is 0 Å². The van der Waals surface area contributed by atoms with Crippen LogP contribution in [0.3, 0.4) is 0 Å². The summed E-state index contributed by atoms with van der Waals surface area (Å²) < 4.78 is 0.888. The highest BCUT2D eigenvalue weighted by molar-refractivity contribution is 8.00. The van der Waals surface area contributed by atoms with Gasteiger partial charge < -0.3 is 10.6 Å². The van der Waals surface area contributed by atoms with Gasteiger partial charge in [-0.25, -0.2) is 4.98 Å². The first-order valence-electron chi connectivity index (χ1n) is 5.11. The van der Waals surface area contributed by atoms with Crippen molar-refractivity contribution in [2.24, 2.45) is 0 Å². The molecule has 0 saturated carbocycles. The molecule has 2 rings (SSSR count). The number of nitrogens with two attached hydrogens (primary N) is 1. The Labute approximate surface area is 118 Å². The molecule has 2 aromatic rings. The van der Waals surface area contributed by atoms with E-state index in [4.69, 9.17) is 17.3 Å². The minimum atomic E-state index is 0.473. The summed E-state index contributed by atoms with van der Waals surface area (Å²) in [5.41, 5.74) is 6.40. The minimum Gasteiger partial charge on any atom is -0.384 e. The molecular formula is C10H12ClN5S2. The Hall–Kier alpha value is -1.05. The number of nitrogen functional groups attached to an aromatic ring is 1. The predicted molar refractivity (Wildman–Crippen MR) is 77.5 cm³/mol. The van der Waals surface area contributed by atoms with Gasteiger partial charge in [-0.3, -0.25) is 0 Å². The van der Waals surface area contributed by atoms with Crippen LogP contribution in [0.2, 0.25) is 5.02 Å². The standard InChI is InChI=1S/C10H12ClN5S2/c1-16(2)9-14-15-10(18-9)17-5-7-6(11)3-4-8(12)13-7/h3-4H,5H2,1-2H3,(H2,12,13). The zero-order valence-corrected chi connectivity index (χ0v) is 12.3. The number of rotatable bonds is 4. The summed E-state index contributed by atoms with van der Waals surface area (Å²) in [6.07, 6.45) is 0. The lowest BCUT2D eigenvalue weighted by atomic mass is 10.4. The molecule has 2 heterocycles. The summed E-state index contributed by atoms with van der Waals surface area (Å²) in [6.45, 7) is 0. The SMILES string of the molecule is CN(C)c1nnc(SCc2nc(N)ccc2Cl)s1. The van der Waals surface area contributed by atoms with Crippen molar-refractivity contribution in [1.29, 1.82) is 0 Å². The number of thioether (sulfide) groups is 1.